The average Bonchev–Trinajstić information content (AvgIpc) is 1.25. The van der Waals surface area contributed by atoms with E-state index in [-0.39, 0.29) is 0 Å². The third kappa shape index (κ3) is 419. The van der Waals surface area contributed by atoms with Crippen LogP contribution in [0.4, 0.5) is 12.9 Å². The molecule has 0 N–H and O–H groups in total. The molecule has 0 nitrogen and oxygen atoms in total. The van der Waals surface area contributed by atoms with Gasteiger partial charge in [0, 0.05) is 0 Å². The highest BCUT2D eigenvalue weighted by atomic mass is 35.6. The smallest absolute Gasteiger partial charge is 0.254 e. The molecule has 0 aromatic rings. The molecule has 0 fully saturated rings. The number of alkyl halides is 3. The molecular formula is CHBCl3F3. The van der Waals surface area contributed by atoms with Gasteiger partial charge in [0.15, 0.2) is 4.30 Å². The lowest BCUT2D eigenvalue weighted by atomic mass is 10.5. The molecule has 0 saturated carbocycles. The van der Waals surface area contributed by atoms with Gasteiger partial charge >= 0.3 is 7.54 Å². The molecular weight excluding hydrogens is 186 g/mol. The van der Waals surface area contributed by atoms with Crippen LogP contribution in [0.2, 0.25) is 0 Å². The SMILES string of the molecule is ClC(Cl)Cl.FB(F)F. The van der Waals surface area contributed by atoms with Crippen LogP contribution in [0.1, 0.15) is 0 Å². The first-order valence-electron chi connectivity index (χ1n) is 1.31. The maximum absolute atomic E-state index is 9.67. The Labute approximate surface area is 60.1 Å². The standard InChI is InChI=1S/CHCl3.BF3/c2*2-1(3)4/h1H;. The Morgan fingerprint density at radius 1 is 1.00 bits per heavy atom. The van der Waals surface area contributed by atoms with E-state index in [1.54, 1.807) is 0 Å². The van der Waals surface area contributed by atoms with Crippen LogP contribution in [-0.2, 0) is 0 Å². The van der Waals surface area contributed by atoms with Crippen molar-refractivity contribution in [2.75, 3.05) is 0 Å². The average molecular weight is 187 g/mol. The first-order valence-corrected chi connectivity index (χ1v) is 2.62. The highest BCUT2D eigenvalue weighted by molar-refractivity contribution is 6.63. The zero-order chi connectivity index (χ0) is 7.15. The van der Waals surface area contributed by atoms with E-state index in [1.807, 2.05) is 0 Å². The van der Waals surface area contributed by atoms with Crippen LogP contribution in [0.15, 0.2) is 0 Å². The first-order chi connectivity index (χ1) is 3.46. The number of hydrogen-bond acceptors (Lipinski definition) is 0. The van der Waals surface area contributed by atoms with Gasteiger partial charge in [0.2, 0.25) is 0 Å². The molecule has 0 heterocycles. The highest BCUT2D eigenvalue weighted by Gasteiger charge is 2.06. The monoisotopic (exact) mass is 186 g/mol. The summed E-state index contributed by atoms with van der Waals surface area (Å²) in [4.78, 5) is 0. The van der Waals surface area contributed by atoms with Crippen LogP contribution in [0.3, 0.4) is 0 Å². The van der Waals surface area contributed by atoms with E-state index in [9.17, 15) is 12.9 Å². The molecule has 0 spiro atoms. The van der Waals surface area contributed by atoms with Crippen LogP contribution in [0.5, 0.6) is 0 Å². The molecule has 0 aliphatic heterocycles. The summed E-state index contributed by atoms with van der Waals surface area (Å²) < 4.78 is 28.2. The summed E-state index contributed by atoms with van der Waals surface area (Å²) in [5, 5.41) is 0. The summed E-state index contributed by atoms with van der Waals surface area (Å²) in [7, 11) is -3.67. The van der Waals surface area contributed by atoms with Crippen molar-refractivity contribution >= 4 is 42.3 Å². The summed E-state index contributed by atoms with van der Waals surface area (Å²) in [6.07, 6.45) is 0. The van der Waals surface area contributed by atoms with E-state index in [4.69, 9.17) is 34.8 Å². The van der Waals surface area contributed by atoms with Crippen LogP contribution in [0, 0.1) is 0 Å². The Morgan fingerprint density at radius 3 is 1.00 bits per heavy atom. The normalized spacial score (nSPS) is 7.88. The lowest BCUT2D eigenvalue weighted by Gasteiger charge is -1.69. The van der Waals surface area contributed by atoms with E-state index in [0.29, 0.717) is 0 Å². The predicted molar refractivity (Wildman–Crippen MR) is 30.4 cm³/mol. The molecule has 0 aromatic carbocycles. The second-order valence-electron chi connectivity index (χ2n) is 0.495. The van der Waals surface area contributed by atoms with E-state index in [0.717, 1.165) is 0 Å². The van der Waals surface area contributed by atoms with Crippen molar-refractivity contribution in [2.24, 2.45) is 0 Å². The Kier molecular flexibility index (Phi) is 11.1. The maximum Gasteiger partial charge on any atom is 0.762 e. The molecule has 0 aliphatic rings. The molecule has 0 bridgehead atoms. The number of halogens is 6. The number of hydrogen-bond donors (Lipinski definition) is 0. The minimum Gasteiger partial charge on any atom is -0.254 e. The second kappa shape index (κ2) is 7.72. The fraction of sp³-hybridized carbons (Fsp3) is 1.00. The van der Waals surface area contributed by atoms with Gasteiger partial charge in [-0.25, -0.2) is 0 Å². The summed E-state index contributed by atoms with van der Waals surface area (Å²) in [5.41, 5.74) is 0. The lowest BCUT2D eigenvalue weighted by Crippen LogP contribution is -1.76. The van der Waals surface area contributed by atoms with Crippen molar-refractivity contribution in [3.63, 3.8) is 0 Å². The van der Waals surface area contributed by atoms with Crippen molar-refractivity contribution < 1.29 is 12.9 Å². The van der Waals surface area contributed by atoms with E-state index in [1.165, 1.54) is 0 Å². The van der Waals surface area contributed by atoms with Crippen LogP contribution >= 0.6 is 34.8 Å². The van der Waals surface area contributed by atoms with Gasteiger partial charge in [-0.2, -0.15) is 0 Å². The van der Waals surface area contributed by atoms with E-state index in [2.05, 4.69) is 0 Å². The van der Waals surface area contributed by atoms with Gasteiger partial charge in [-0.3, -0.25) is 12.9 Å². The quantitative estimate of drug-likeness (QED) is 0.404. The van der Waals surface area contributed by atoms with Crippen LogP contribution in [0.25, 0.3) is 0 Å². The molecule has 0 amide bonds. The topological polar surface area (TPSA) is 0 Å². The van der Waals surface area contributed by atoms with Gasteiger partial charge in [0.25, 0.3) is 0 Å². The van der Waals surface area contributed by atoms with Crippen LogP contribution in [-0.4, -0.2) is 11.8 Å². The van der Waals surface area contributed by atoms with Gasteiger partial charge in [-0.05, 0) is 0 Å². The van der Waals surface area contributed by atoms with Gasteiger partial charge in [-0.1, -0.05) is 34.8 Å². The minimum absolute atomic E-state index is 0.750. The molecule has 50 valence electrons. The number of rotatable bonds is 0. The fourth-order valence-corrected chi connectivity index (χ4v) is 0. The van der Waals surface area contributed by atoms with Gasteiger partial charge in [0.05, 0.1) is 0 Å². The van der Waals surface area contributed by atoms with Crippen molar-refractivity contribution in [3.8, 4) is 0 Å². The van der Waals surface area contributed by atoms with E-state index < -0.39 is 11.8 Å². The zero-order valence-corrected chi connectivity index (χ0v) is 5.69. The molecule has 0 aliphatic carbocycles. The predicted octanol–water partition coefficient (Wildman–Crippen LogP) is 2.87. The Balaban J connectivity index is 0. The molecule has 8 heavy (non-hydrogen) atoms. The molecule has 0 rings (SSSR count). The summed E-state index contributed by atoms with van der Waals surface area (Å²) in [6, 6.07) is 0. The Morgan fingerprint density at radius 2 is 1.00 bits per heavy atom. The van der Waals surface area contributed by atoms with Gasteiger partial charge in [0.1, 0.15) is 0 Å². The molecule has 7 heteroatoms. The Hall–Kier alpha value is 0.725. The Bertz CT molecular complexity index is 30.0. The van der Waals surface area contributed by atoms with Gasteiger partial charge < -0.3 is 0 Å². The van der Waals surface area contributed by atoms with Crippen molar-refractivity contribution in [1.82, 2.24) is 0 Å². The van der Waals surface area contributed by atoms with Gasteiger partial charge in [-0.15, -0.1) is 0 Å². The minimum atomic E-state index is -3.67. The summed E-state index contributed by atoms with van der Waals surface area (Å²) in [6.45, 7) is 0. The van der Waals surface area contributed by atoms with Crippen molar-refractivity contribution in [1.29, 1.82) is 0 Å². The second-order valence-corrected chi connectivity index (χ2v) is 2.47. The zero-order valence-electron chi connectivity index (χ0n) is 3.42. The molecule has 0 atom stereocenters. The van der Waals surface area contributed by atoms with Crippen molar-refractivity contribution in [3.05, 3.63) is 0 Å². The summed E-state index contributed by atoms with van der Waals surface area (Å²) >= 11 is 14.4. The molecule has 0 radical (unpaired) electrons. The molecule has 0 unspecified atom stereocenters. The van der Waals surface area contributed by atoms with E-state index >= 15 is 0 Å². The van der Waals surface area contributed by atoms with Crippen LogP contribution < -0.4 is 0 Å². The summed E-state index contributed by atoms with van der Waals surface area (Å²) in [5.74, 6) is 0. The lowest BCUT2D eigenvalue weighted by molar-refractivity contribution is 0.535. The highest BCUT2D eigenvalue weighted by Crippen LogP contribution is 2.03. The van der Waals surface area contributed by atoms with Crippen molar-refractivity contribution in [2.45, 2.75) is 4.30 Å². The third-order valence-corrected chi connectivity index (χ3v) is 0. The fourth-order valence-electron chi connectivity index (χ4n) is 0. The molecule has 0 aromatic heterocycles. The largest absolute Gasteiger partial charge is 0.762 e. The molecule has 0 saturated heterocycles. The first kappa shape index (κ1) is 11.5. The maximum atomic E-state index is 9.67. The third-order valence-electron chi connectivity index (χ3n) is 0.